The third kappa shape index (κ3) is 3.08. The quantitative estimate of drug-likeness (QED) is 0.509. The lowest BCUT2D eigenvalue weighted by molar-refractivity contribution is 0.740. The van der Waals surface area contributed by atoms with Crippen LogP contribution in [-0.4, -0.2) is 17.4 Å². The lowest BCUT2D eigenvalue weighted by atomic mass is 9.80. The van der Waals surface area contributed by atoms with Gasteiger partial charge in [-0.2, -0.15) is 0 Å². The minimum atomic E-state index is -0.253. The first kappa shape index (κ1) is 16.6. The third-order valence-corrected chi connectivity index (χ3v) is 4.52. The van der Waals surface area contributed by atoms with Gasteiger partial charge < -0.3 is 11.5 Å². The number of nitrogens with zero attached hydrogens (tertiary/aromatic N) is 1. The Bertz CT molecular complexity index is 918. The zero-order chi connectivity index (χ0) is 18.2. The molecule has 5 nitrogen and oxygen atoms in total. The molecule has 25 heavy (non-hydrogen) atoms. The Morgan fingerprint density at radius 2 is 1.52 bits per heavy atom. The first-order valence-electron chi connectivity index (χ1n) is 7.99. The highest BCUT2D eigenvalue weighted by Crippen LogP contribution is 2.40. The molecule has 3 rings (SSSR count). The van der Waals surface area contributed by atoms with Gasteiger partial charge in [-0.3, -0.25) is 15.8 Å². The zero-order valence-electron chi connectivity index (χ0n) is 14.3. The molecule has 2 aromatic rings. The summed E-state index contributed by atoms with van der Waals surface area (Å²) in [5.41, 5.74) is 16.2. The van der Waals surface area contributed by atoms with Crippen molar-refractivity contribution < 1.29 is 0 Å². The van der Waals surface area contributed by atoms with E-state index in [4.69, 9.17) is 27.3 Å². The minimum absolute atomic E-state index is 0.0631. The van der Waals surface area contributed by atoms with Gasteiger partial charge in [-0.1, -0.05) is 44.2 Å². The fraction of sp³-hybridized carbons (Fsp3) is 0.150. The Kier molecular flexibility index (Phi) is 4.00. The van der Waals surface area contributed by atoms with Crippen LogP contribution in [-0.2, 0) is 5.41 Å². The normalized spacial score (nSPS) is 15.0. The number of benzene rings is 2. The summed E-state index contributed by atoms with van der Waals surface area (Å²) in [4.78, 5) is 4.73. The van der Waals surface area contributed by atoms with Gasteiger partial charge in [-0.15, -0.1) is 0 Å². The number of nitrogens with one attached hydrogen (secondary N) is 2. The summed E-state index contributed by atoms with van der Waals surface area (Å²) in [6.45, 7) is 4.23. The molecule has 5 heteroatoms. The standard InChI is InChI=1S/C20H21N5/c1-20(2)15-11-14(19(23)24)8-9-16(15)25-17(20)10-5-12-3-6-13(7-4-12)18(21)22/h3-11H,1-2H3,(H3,21,22)(H3,23,24). The molecular weight excluding hydrogens is 310 g/mol. The monoisotopic (exact) mass is 331 g/mol. The highest BCUT2D eigenvalue weighted by molar-refractivity contribution is 6.11. The maximum atomic E-state index is 7.62. The molecule has 0 spiro atoms. The lowest BCUT2D eigenvalue weighted by Crippen LogP contribution is -2.24. The Balaban J connectivity index is 1.88. The SMILES string of the molecule is CC1(C)C(C=Cc2ccc(C(=N)N)cc2)=Nc2ccc(C(=N)N)cc21. The first-order chi connectivity index (χ1) is 11.8. The molecule has 2 aromatic carbocycles. The molecule has 0 atom stereocenters. The number of nitrogens with two attached hydrogens (primary N) is 2. The minimum Gasteiger partial charge on any atom is -0.384 e. The number of allylic oxidation sites excluding steroid dienone is 1. The molecular formula is C20H21N5. The summed E-state index contributed by atoms with van der Waals surface area (Å²) in [7, 11) is 0. The van der Waals surface area contributed by atoms with Crippen LogP contribution < -0.4 is 11.5 Å². The maximum absolute atomic E-state index is 7.62. The van der Waals surface area contributed by atoms with E-state index in [0.717, 1.165) is 22.5 Å². The Labute approximate surface area is 147 Å². The van der Waals surface area contributed by atoms with Crippen LogP contribution in [0.15, 0.2) is 53.5 Å². The van der Waals surface area contributed by atoms with Gasteiger partial charge in [0.25, 0.3) is 0 Å². The topological polar surface area (TPSA) is 112 Å². The molecule has 1 aliphatic heterocycles. The highest BCUT2D eigenvalue weighted by atomic mass is 14.8. The molecule has 0 saturated carbocycles. The van der Waals surface area contributed by atoms with E-state index in [2.05, 4.69) is 13.8 Å². The second-order valence-electron chi connectivity index (χ2n) is 6.64. The van der Waals surface area contributed by atoms with Crippen LogP contribution in [0.5, 0.6) is 0 Å². The largest absolute Gasteiger partial charge is 0.384 e. The van der Waals surface area contributed by atoms with E-state index in [1.165, 1.54) is 0 Å². The van der Waals surface area contributed by atoms with Crippen LogP contribution in [0.25, 0.3) is 6.08 Å². The molecule has 0 fully saturated rings. The molecule has 0 unspecified atom stereocenters. The highest BCUT2D eigenvalue weighted by Gasteiger charge is 2.33. The number of aliphatic imine (C=N–C) groups is 1. The van der Waals surface area contributed by atoms with Crippen molar-refractivity contribution in [2.45, 2.75) is 19.3 Å². The van der Waals surface area contributed by atoms with Crippen LogP contribution in [0.4, 0.5) is 5.69 Å². The Morgan fingerprint density at radius 1 is 0.920 bits per heavy atom. The van der Waals surface area contributed by atoms with E-state index in [-0.39, 0.29) is 17.1 Å². The fourth-order valence-electron chi connectivity index (χ4n) is 2.90. The van der Waals surface area contributed by atoms with Gasteiger partial charge in [0, 0.05) is 16.5 Å². The molecule has 0 saturated heterocycles. The van der Waals surface area contributed by atoms with Crippen molar-refractivity contribution in [2.24, 2.45) is 16.5 Å². The number of rotatable bonds is 4. The summed E-state index contributed by atoms with van der Waals surface area (Å²) >= 11 is 0. The van der Waals surface area contributed by atoms with Crippen LogP contribution in [0, 0.1) is 10.8 Å². The predicted octanol–water partition coefficient (Wildman–Crippen LogP) is 3.33. The van der Waals surface area contributed by atoms with Crippen molar-refractivity contribution in [2.75, 3.05) is 0 Å². The van der Waals surface area contributed by atoms with E-state index in [1.54, 1.807) is 0 Å². The van der Waals surface area contributed by atoms with Crippen molar-refractivity contribution in [3.8, 4) is 0 Å². The summed E-state index contributed by atoms with van der Waals surface area (Å²) in [5, 5.41) is 15.1. The van der Waals surface area contributed by atoms with Crippen LogP contribution >= 0.6 is 0 Å². The van der Waals surface area contributed by atoms with Gasteiger partial charge in [-0.05, 0) is 35.4 Å². The smallest absolute Gasteiger partial charge is 0.122 e. The summed E-state index contributed by atoms with van der Waals surface area (Å²) in [5.74, 6) is 0.127. The van der Waals surface area contributed by atoms with Crippen molar-refractivity contribution in [1.29, 1.82) is 10.8 Å². The average molecular weight is 331 g/mol. The maximum Gasteiger partial charge on any atom is 0.122 e. The molecule has 1 aliphatic rings. The van der Waals surface area contributed by atoms with Crippen molar-refractivity contribution in [1.82, 2.24) is 0 Å². The molecule has 126 valence electrons. The molecule has 0 amide bonds. The van der Waals surface area contributed by atoms with Crippen molar-refractivity contribution in [3.63, 3.8) is 0 Å². The van der Waals surface area contributed by atoms with E-state index in [0.29, 0.717) is 11.1 Å². The zero-order valence-corrected chi connectivity index (χ0v) is 14.3. The van der Waals surface area contributed by atoms with Gasteiger partial charge in [0.2, 0.25) is 0 Å². The molecule has 0 bridgehead atoms. The van der Waals surface area contributed by atoms with Crippen molar-refractivity contribution >= 4 is 29.1 Å². The molecule has 0 aliphatic carbocycles. The molecule has 6 N–H and O–H groups in total. The average Bonchev–Trinajstić information content (AvgIpc) is 2.83. The van der Waals surface area contributed by atoms with Gasteiger partial charge in [0.15, 0.2) is 0 Å². The Morgan fingerprint density at radius 3 is 2.12 bits per heavy atom. The van der Waals surface area contributed by atoms with E-state index >= 15 is 0 Å². The number of fused-ring (bicyclic) bond motifs is 1. The van der Waals surface area contributed by atoms with E-state index in [1.807, 2.05) is 54.6 Å². The lowest BCUT2D eigenvalue weighted by Gasteiger charge is -2.21. The number of hydrogen-bond donors (Lipinski definition) is 4. The second-order valence-corrected chi connectivity index (χ2v) is 6.64. The van der Waals surface area contributed by atoms with E-state index in [9.17, 15) is 0 Å². The van der Waals surface area contributed by atoms with E-state index < -0.39 is 0 Å². The van der Waals surface area contributed by atoms with Gasteiger partial charge in [0.05, 0.1) is 11.4 Å². The molecule has 0 radical (unpaired) electrons. The van der Waals surface area contributed by atoms with Crippen LogP contribution in [0.1, 0.15) is 36.1 Å². The number of hydrogen-bond acceptors (Lipinski definition) is 3. The molecule has 1 heterocycles. The fourth-order valence-corrected chi connectivity index (χ4v) is 2.90. The number of amidine groups is 2. The Hall–Kier alpha value is -3.21. The second kappa shape index (κ2) is 6.02. The summed E-state index contributed by atoms with van der Waals surface area (Å²) in [6.07, 6.45) is 4.01. The third-order valence-electron chi connectivity index (χ3n) is 4.52. The van der Waals surface area contributed by atoms with Gasteiger partial charge in [-0.25, -0.2) is 0 Å². The number of nitrogen functional groups attached to an aromatic ring is 2. The summed E-state index contributed by atoms with van der Waals surface area (Å²) < 4.78 is 0. The van der Waals surface area contributed by atoms with Gasteiger partial charge >= 0.3 is 0 Å². The molecule has 0 aromatic heterocycles. The van der Waals surface area contributed by atoms with Crippen LogP contribution in [0.3, 0.4) is 0 Å². The first-order valence-corrected chi connectivity index (χ1v) is 7.99. The summed E-state index contributed by atoms with van der Waals surface area (Å²) in [6, 6.07) is 13.2. The predicted molar refractivity (Wildman–Crippen MR) is 104 cm³/mol. The van der Waals surface area contributed by atoms with Crippen LogP contribution in [0.2, 0.25) is 0 Å². The van der Waals surface area contributed by atoms with Crippen molar-refractivity contribution in [3.05, 3.63) is 70.8 Å². The van der Waals surface area contributed by atoms with Gasteiger partial charge in [0.1, 0.15) is 11.7 Å².